The van der Waals surface area contributed by atoms with Crippen LogP contribution in [0.4, 0.5) is 4.39 Å². The Hall–Kier alpha value is -1.17. The average Bonchev–Trinajstić information content (AvgIpc) is 2.32. The van der Waals surface area contributed by atoms with E-state index in [1.165, 1.54) is 0 Å². The maximum atomic E-state index is 14.8. The summed E-state index contributed by atoms with van der Waals surface area (Å²) in [6, 6.07) is 0. The number of rotatable bonds is 4. The molecule has 0 aliphatic heterocycles. The van der Waals surface area contributed by atoms with Gasteiger partial charge in [0.1, 0.15) is 5.67 Å². The van der Waals surface area contributed by atoms with E-state index in [0.717, 1.165) is 13.3 Å². The zero-order valence-corrected chi connectivity index (χ0v) is 12.2. The van der Waals surface area contributed by atoms with Crippen LogP contribution in [0.3, 0.4) is 0 Å². The van der Waals surface area contributed by atoms with Gasteiger partial charge in [-0.2, -0.15) is 0 Å². The molecule has 3 atom stereocenters. The molecule has 4 aliphatic carbocycles. The summed E-state index contributed by atoms with van der Waals surface area (Å²) >= 11 is 0. The van der Waals surface area contributed by atoms with Crippen LogP contribution in [0.1, 0.15) is 45.4 Å². The highest BCUT2D eigenvalue weighted by molar-refractivity contribution is 5.85. The van der Waals surface area contributed by atoms with Crippen molar-refractivity contribution in [1.82, 2.24) is 5.32 Å². The molecule has 3 N–H and O–H groups in total. The number of amides is 1. The number of carbonyl (C=O) groups excluding carboxylic acids is 1. The Balaban J connectivity index is 1.71. The summed E-state index contributed by atoms with van der Waals surface area (Å²) in [5.41, 5.74) is -3.92. The molecule has 6 heteroatoms. The number of carboxylic acids is 1. The zero-order valence-electron chi connectivity index (χ0n) is 12.2. The molecule has 3 unspecified atom stereocenters. The number of alkyl halides is 1. The van der Waals surface area contributed by atoms with Crippen LogP contribution in [0.2, 0.25) is 0 Å². The van der Waals surface area contributed by atoms with E-state index in [1.54, 1.807) is 0 Å². The predicted octanol–water partition coefficient (Wildman–Crippen LogP) is 1.25. The number of hydrogen-bond donors (Lipinski definition) is 3. The minimum atomic E-state index is -1.99. The Morgan fingerprint density at radius 1 is 1.29 bits per heavy atom. The molecule has 0 aromatic rings. The van der Waals surface area contributed by atoms with Crippen LogP contribution < -0.4 is 5.32 Å². The van der Waals surface area contributed by atoms with Gasteiger partial charge in [0, 0.05) is 0 Å². The van der Waals surface area contributed by atoms with E-state index in [1.807, 2.05) is 0 Å². The number of carboxylic acid groups (broad SMARTS) is 1. The van der Waals surface area contributed by atoms with Crippen molar-refractivity contribution in [3.63, 3.8) is 0 Å². The van der Waals surface area contributed by atoms with Gasteiger partial charge in [0.05, 0.1) is 12.0 Å². The van der Waals surface area contributed by atoms with Crippen LogP contribution in [0.15, 0.2) is 0 Å². The molecule has 0 radical (unpaired) electrons. The fourth-order valence-corrected chi connectivity index (χ4v) is 4.93. The number of carbonyl (C=O) groups is 2. The molecule has 0 aromatic carbocycles. The van der Waals surface area contributed by atoms with Gasteiger partial charge < -0.3 is 15.5 Å². The maximum Gasteiger partial charge on any atom is 0.337 e. The van der Waals surface area contributed by atoms with E-state index >= 15 is 0 Å². The molecule has 0 spiro atoms. The van der Waals surface area contributed by atoms with Gasteiger partial charge >= 0.3 is 5.97 Å². The smallest absolute Gasteiger partial charge is 0.337 e. The summed E-state index contributed by atoms with van der Waals surface area (Å²) in [5.74, 6) is -1.14. The Labute approximate surface area is 122 Å². The van der Waals surface area contributed by atoms with E-state index in [9.17, 15) is 19.1 Å². The van der Waals surface area contributed by atoms with Crippen molar-refractivity contribution >= 4 is 11.9 Å². The third-order valence-corrected chi connectivity index (χ3v) is 5.53. The van der Waals surface area contributed by atoms with Gasteiger partial charge in [0.2, 0.25) is 5.91 Å². The Morgan fingerprint density at radius 3 is 2.33 bits per heavy atom. The highest BCUT2D eigenvalue weighted by atomic mass is 19.1. The molecule has 21 heavy (non-hydrogen) atoms. The quantitative estimate of drug-likeness (QED) is 0.729. The second-order valence-electron chi connectivity index (χ2n) is 7.65. The SMILES string of the molecule is CC(O)(CNC(=O)C12CC3CC(CC(F)(C3)C1)C2)C(=O)O. The van der Waals surface area contributed by atoms with Crippen LogP contribution in [-0.4, -0.2) is 39.9 Å². The van der Waals surface area contributed by atoms with Gasteiger partial charge in [-0.1, -0.05) is 0 Å². The molecule has 0 aromatic heterocycles. The molecule has 1 amide bonds. The minimum absolute atomic E-state index is 0.244. The Kier molecular flexibility index (Phi) is 3.10. The zero-order chi connectivity index (χ0) is 15.5. The van der Waals surface area contributed by atoms with Gasteiger partial charge in [0.25, 0.3) is 0 Å². The maximum absolute atomic E-state index is 14.8. The van der Waals surface area contributed by atoms with Crippen molar-refractivity contribution in [2.24, 2.45) is 17.3 Å². The lowest BCUT2D eigenvalue weighted by Gasteiger charge is -2.58. The van der Waals surface area contributed by atoms with Crippen molar-refractivity contribution in [1.29, 1.82) is 0 Å². The molecular weight excluding hydrogens is 277 g/mol. The van der Waals surface area contributed by atoms with Gasteiger partial charge in [-0.15, -0.1) is 0 Å². The summed E-state index contributed by atoms with van der Waals surface area (Å²) in [5, 5.41) is 21.1. The summed E-state index contributed by atoms with van der Waals surface area (Å²) in [6.07, 6.45) is 3.75. The summed E-state index contributed by atoms with van der Waals surface area (Å²) < 4.78 is 14.8. The first-order valence-corrected chi connectivity index (χ1v) is 7.57. The minimum Gasteiger partial charge on any atom is -0.479 e. The lowest BCUT2D eigenvalue weighted by molar-refractivity contribution is -0.164. The molecule has 0 saturated heterocycles. The molecule has 4 rings (SSSR count). The van der Waals surface area contributed by atoms with E-state index in [4.69, 9.17) is 5.11 Å². The fraction of sp³-hybridized carbons (Fsp3) is 0.867. The Morgan fingerprint density at radius 2 is 1.86 bits per heavy atom. The van der Waals surface area contributed by atoms with E-state index in [-0.39, 0.29) is 30.7 Å². The van der Waals surface area contributed by atoms with E-state index < -0.39 is 22.7 Å². The van der Waals surface area contributed by atoms with Gasteiger partial charge in [0.15, 0.2) is 5.60 Å². The Bertz CT molecular complexity index is 476. The summed E-state index contributed by atoms with van der Waals surface area (Å²) in [7, 11) is 0. The molecule has 4 bridgehead atoms. The van der Waals surface area contributed by atoms with Crippen LogP contribution >= 0.6 is 0 Å². The molecule has 4 saturated carbocycles. The van der Waals surface area contributed by atoms with Crippen LogP contribution in [0, 0.1) is 17.3 Å². The second-order valence-corrected chi connectivity index (χ2v) is 7.65. The third kappa shape index (κ3) is 2.43. The summed E-state index contributed by atoms with van der Waals surface area (Å²) in [6.45, 7) is 0.795. The first-order chi connectivity index (χ1) is 9.64. The molecule has 118 valence electrons. The van der Waals surface area contributed by atoms with Gasteiger partial charge in [-0.05, 0) is 57.3 Å². The van der Waals surface area contributed by atoms with Gasteiger partial charge in [-0.3, -0.25) is 4.79 Å². The number of halogens is 1. The van der Waals surface area contributed by atoms with Crippen LogP contribution in [0.5, 0.6) is 0 Å². The molecule has 5 nitrogen and oxygen atoms in total. The second kappa shape index (κ2) is 4.41. The average molecular weight is 299 g/mol. The largest absolute Gasteiger partial charge is 0.479 e. The van der Waals surface area contributed by atoms with Gasteiger partial charge in [-0.25, -0.2) is 9.18 Å². The van der Waals surface area contributed by atoms with Crippen LogP contribution in [-0.2, 0) is 9.59 Å². The molecular formula is C15H22FNO4. The first-order valence-electron chi connectivity index (χ1n) is 7.57. The number of aliphatic carboxylic acids is 1. The van der Waals surface area contributed by atoms with Crippen molar-refractivity contribution in [2.45, 2.75) is 56.7 Å². The third-order valence-electron chi connectivity index (χ3n) is 5.53. The lowest BCUT2D eigenvalue weighted by Crippen LogP contribution is -2.60. The highest BCUT2D eigenvalue weighted by Crippen LogP contribution is 2.62. The fourth-order valence-electron chi connectivity index (χ4n) is 4.93. The lowest BCUT2D eigenvalue weighted by atomic mass is 9.48. The molecule has 4 fully saturated rings. The number of hydrogen-bond acceptors (Lipinski definition) is 3. The topological polar surface area (TPSA) is 86.6 Å². The molecule has 4 aliphatic rings. The standard InChI is InChI=1S/C15H22FNO4/c1-13(21,12(19)20)8-17-11(18)14-3-9-2-10(4-14)6-15(16,5-9)7-14/h9-10,21H,2-8H2,1H3,(H,17,18)(H,19,20). The normalized spacial score (nSPS) is 43.4. The predicted molar refractivity (Wildman–Crippen MR) is 72.2 cm³/mol. The number of aliphatic hydroxyl groups is 1. The monoisotopic (exact) mass is 299 g/mol. The van der Waals surface area contributed by atoms with Crippen molar-refractivity contribution < 1.29 is 24.2 Å². The van der Waals surface area contributed by atoms with Crippen molar-refractivity contribution in [2.75, 3.05) is 6.54 Å². The van der Waals surface area contributed by atoms with Crippen LogP contribution in [0.25, 0.3) is 0 Å². The summed E-state index contributed by atoms with van der Waals surface area (Å²) in [4.78, 5) is 23.4. The van der Waals surface area contributed by atoms with Crippen molar-refractivity contribution in [3.05, 3.63) is 0 Å². The van der Waals surface area contributed by atoms with Crippen molar-refractivity contribution in [3.8, 4) is 0 Å². The molecule has 0 heterocycles. The van der Waals surface area contributed by atoms with E-state index in [0.29, 0.717) is 25.7 Å². The number of nitrogens with one attached hydrogen (secondary N) is 1. The van der Waals surface area contributed by atoms with E-state index in [2.05, 4.69) is 5.32 Å². The first kappa shape index (κ1) is 14.8. The highest BCUT2D eigenvalue weighted by Gasteiger charge is 2.61.